The number of carbonyl (C=O) groups is 1. The third-order valence-electron chi connectivity index (χ3n) is 3.30. The van der Waals surface area contributed by atoms with Crippen LogP contribution in [0.2, 0.25) is 0 Å². The molecular formula is C15H18N2O3. The smallest absolute Gasteiger partial charge is 0.268 e. The van der Waals surface area contributed by atoms with Gasteiger partial charge in [-0.3, -0.25) is 9.59 Å². The van der Waals surface area contributed by atoms with Gasteiger partial charge in [0, 0.05) is 18.0 Å². The van der Waals surface area contributed by atoms with Gasteiger partial charge in [-0.05, 0) is 30.4 Å². The third-order valence-corrected chi connectivity index (χ3v) is 3.30. The Morgan fingerprint density at radius 1 is 1.40 bits per heavy atom. The van der Waals surface area contributed by atoms with Gasteiger partial charge in [-0.2, -0.15) is 0 Å². The minimum Gasteiger partial charge on any atom is -0.396 e. The fourth-order valence-electron chi connectivity index (χ4n) is 2.13. The predicted molar refractivity (Wildman–Crippen MR) is 77.8 cm³/mol. The Balaban J connectivity index is 2.28. The molecular weight excluding hydrogens is 256 g/mol. The van der Waals surface area contributed by atoms with Gasteiger partial charge in [0.05, 0.1) is 0 Å². The molecule has 1 atom stereocenters. The van der Waals surface area contributed by atoms with Crippen molar-refractivity contribution in [3.63, 3.8) is 0 Å². The Bertz CT molecular complexity index is 663. The molecule has 0 aliphatic heterocycles. The van der Waals surface area contributed by atoms with Crippen LogP contribution in [0.4, 0.5) is 0 Å². The number of rotatable bonds is 5. The molecule has 0 spiro atoms. The van der Waals surface area contributed by atoms with E-state index >= 15 is 0 Å². The summed E-state index contributed by atoms with van der Waals surface area (Å²) in [5.41, 5.74) is -0.0338. The summed E-state index contributed by atoms with van der Waals surface area (Å²) in [4.78, 5) is 26.6. The van der Waals surface area contributed by atoms with Crippen LogP contribution < -0.4 is 10.9 Å². The quantitative estimate of drug-likeness (QED) is 0.771. The highest BCUT2D eigenvalue weighted by molar-refractivity contribution is 5.96. The van der Waals surface area contributed by atoms with E-state index in [1.54, 1.807) is 24.3 Å². The van der Waals surface area contributed by atoms with Gasteiger partial charge in [-0.25, -0.2) is 0 Å². The number of aliphatic hydroxyl groups is 1. The monoisotopic (exact) mass is 274 g/mol. The van der Waals surface area contributed by atoms with E-state index < -0.39 is 0 Å². The van der Waals surface area contributed by atoms with E-state index in [-0.39, 0.29) is 29.8 Å². The van der Waals surface area contributed by atoms with E-state index in [0.717, 1.165) is 11.8 Å². The number of aromatic amines is 1. The average molecular weight is 274 g/mol. The minimum absolute atomic E-state index is 0.0209. The van der Waals surface area contributed by atoms with Crippen molar-refractivity contribution in [2.24, 2.45) is 0 Å². The maximum atomic E-state index is 12.1. The molecule has 3 N–H and O–H groups in total. The fourth-order valence-corrected chi connectivity index (χ4v) is 2.13. The minimum atomic E-state index is -0.326. The first-order valence-corrected chi connectivity index (χ1v) is 6.69. The maximum Gasteiger partial charge on any atom is 0.268 e. The third kappa shape index (κ3) is 3.05. The number of hydrogen-bond acceptors (Lipinski definition) is 3. The van der Waals surface area contributed by atoms with Crippen LogP contribution in [0.15, 0.2) is 35.1 Å². The summed E-state index contributed by atoms with van der Waals surface area (Å²) in [5, 5.41) is 13.0. The maximum absolute atomic E-state index is 12.1. The molecule has 0 saturated heterocycles. The van der Waals surface area contributed by atoms with Crippen LogP contribution in [0.5, 0.6) is 0 Å². The highest BCUT2D eigenvalue weighted by Crippen LogP contribution is 2.10. The SMILES string of the molecule is CCC(CCO)NC(=O)c1cc2ccccc2c(=O)[nH]1. The molecule has 2 rings (SSSR count). The molecule has 1 aromatic heterocycles. The highest BCUT2D eigenvalue weighted by Gasteiger charge is 2.13. The van der Waals surface area contributed by atoms with Crippen LogP contribution in [0.25, 0.3) is 10.8 Å². The second-order valence-electron chi connectivity index (χ2n) is 4.69. The topological polar surface area (TPSA) is 82.2 Å². The van der Waals surface area contributed by atoms with Crippen molar-refractivity contribution < 1.29 is 9.90 Å². The number of aliphatic hydroxyl groups excluding tert-OH is 1. The Labute approximate surface area is 116 Å². The molecule has 5 nitrogen and oxygen atoms in total. The van der Waals surface area contributed by atoms with Crippen LogP contribution in [0.1, 0.15) is 30.3 Å². The standard InChI is InChI=1S/C15H18N2O3/c1-2-11(7-8-18)16-15(20)13-9-10-5-3-4-6-12(10)14(19)17-13/h3-6,9,11,18H,2,7-8H2,1H3,(H,16,20)(H,17,19). The summed E-state index contributed by atoms with van der Waals surface area (Å²) in [7, 11) is 0. The molecule has 5 heteroatoms. The lowest BCUT2D eigenvalue weighted by Crippen LogP contribution is -2.36. The van der Waals surface area contributed by atoms with Crippen LogP contribution in [0, 0.1) is 0 Å². The summed E-state index contributed by atoms with van der Waals surface area (Å²) in [6.45, 7) is 1.96. The van der Waals surface area contributed by atoms with Crippen LogP contribution >= 0.6 is 0 Å². The van der Waals surface area contributed by atoms with E-state index in [1.807, 2.05) is 13.0 Å². The molecule has 0 bridgehead atoms. The lowest BCUT2D eigenvalue weighted by molar-refractivity contribution is 0.0924. The molecule has 106 valence electrons. The zero-order valence-electron chi connectivity index (χ0n) is 11.3. The van der Waals surface area contributed by atoms with Crippen molar-refractivity contribution in [3.8, 4) is 0 Å². The second-order valence-corrected chi connectivity index (χ2v) is 4.69. The number of amides is 1. The van der Waals surface area contributed by atoms with Gasteiger partial charge in [0.25, 0.3) is 11.5 Å². The van der Waals surface area contributed by atoms with Gasteiger partial charge >= 0.3 is 0 Å². The van der Waals surface area contributed by atoms with Crippen molar-refractivity contribution in [3.05, 3.63) is 46.4 Å². The Kier molecular flexibility index (Phi) is 4.53. The largest absolute Gasteiger partial charge is 0.396 e. The fraction of sp³-hybridized carbons (Fsp3) is 0.333. The number of carbonyl (C=O) groups excluding carboxylic acids is 1. The predicted octanol–water partition coefficient (Wildman–Crippen LogP) is 1.42. The lowest BCUT2D eigenvalue weighted by Gasteiger charge is -2.15. The summed E-state index contributed by atoms with van der Waals surface area (Å²) in [6, 6.07) is 8.69. The zero-order valence-corrected chi connectivity index (χ0v) is 11.3. The summed E-state index contributed by atoms with van der Waals surface area (Å²) in [6.07, 6.45) is 1.23. The van der Waals surface area contributed by atoms with Crippen LogP contribution in [0.3, 0.4) is 0 Å². The van der Waals surface area contributed by atoms with Gasteiger partial charge in [-0.15, -0.1) is 0 Å². The molecule has 20 heavy (non-hydrogen) atoms. The summed E-state index contributed by atoms with van der Waals surface area (Å²) in [5.74, 6) is -0.326. The molecule has 1 unspecified atom stereocenters. The number of aromatic nitrogens is 1. The molecule has 0 radical (unpaired) electrons. The zero-order chi connectivity index (χ0) is 14.5. The van der Waals surface area contributed by atoms with Crippen molar-refractivity contribution in [1.29, 1.82) is 0 Å². The molecule has 0 aliphatic carbocycles. The summed E-state index contributed by atoms with van der Waals surface area (Å²) < 4.78 is 0. The Morgan fingerprint density at radius 2 is 2.15 bits per heavy atom. The van der Waals surface area contributed by atoms with Crippen molar-refractivity contribution in [2.45, 2.75) is 25.8 Å². The number of pyridine rings is 1. The first-order valence-electron chi connectivity index (χ1n) is 6.69. The van der Waals surface area contributed by atoms with E-state index in [4.69, 9.17) is 5.11 Å². The number of fused-ring (bicyclic) bond motifs is 1. The van der Waals surface area contributed by atoms with Gasteiger partial charge in [0.2, 0.25) is 0 Å². The molecule has 1 heterocycles. The van der Waals surface area contributed by atoms with E-state index in [0.29, 0.717) is 11.8 Å². The molecule has 0 saturated carbocycles. The first-order chi connectivity index (χ1) is 9.65. The molecule has 2 aromatic rings. The van der Waals surface area contributed by atoms with Crippen LogP contribution in [-0.2, 0) is 0 Å². The van der Waals surface area contributed by atoms with E-state index in [9.17, 15) is 9.59 Å². The number of nitrogens with one attached hydrogen (secondary N) is 2. The molecule has 0 aliphatic rings. The normalized spacial score (nSPS) is 12.3. The van der Waals surface area contributed by atoms with Crippen molar-refractivity contribution in [1.82, 2.24) is 10.3 Å². The second kappa shape index (κ2) is 6.34. The Hall–Kier alpha value is -2.14. The van der Waals surface area contributed by atoms with Gasteiger partial charge < -0.3 is 15.4 Å². The number of benzene rings is 1. The van der Waals surface area contributed by atoms with Gasteiger partial charge in [-0.1, -0.05) is 25.1 Å². The molecule has 1 amide bonds. The molecule has 1 aromatic carbocycles. The van der Waals surface area contributed by atoms with E-state index in [2.05, 4.69) is 10.3 Å². The lowest BCUT2D eigenvalue weighted by atomic mass is 10.1. The summed E-state index contributed by atoms with van der Waals surface area (Å²) >= 11 is 0. The number of hydrogen-bond donors (Lipinski definition) is 3. The number of H-pyrrole nitrogens is 1. The van der Waals surface area contributed by atoms with Crippen molar-refractivity contribution in [2.75, 3.05) is 6.61 Å². The molecule has 0 fully saturated rings. The Morgan fingerprint density at radius 3 is 2.85 bits per heavy atom. The van der Waals surface area contributed by atoms with Gasteiger partial charge in [0.1, 0.15) is 5.69 Å². The van der Waals surface area contributed by atoms with Gasteiger partial charge in [0.15, 0.2) is 0 Å². The average Bonchev–Trinajstić information content (AvgIpc) is 2.46. The first kappa shape index (κ1) is 14.3. The van der Waals surface area contributed by atoms with E-state index in [1.165, 1.54) is 0 Å². The van der Waals surface area contributed by atoms with Crippen molar-refractivity contribution >= 4 is 16.7 Å². The highest BCUT2D eigenvalue weighted by atomic mass is 16.3. The van der Waals surface area contributed by atoms with Crippen LogP contribution in [-0.4, -0.2) is 28.6 Å².